The van der Waals surface area contributed by atoms with E-state index in [0.29, 0.717) is 11.8 Å². The van der Waals surface area contributed by atoms with Crippen molar-refractivity contribution in [3.63, 3.8) is 0 Å². The van der Waals surface area contributed by atoms with Crippen molar-refractivity contribution in [3.8, 4) is 0 Å². The van der Waals surface area contributed by atoms with Gasteiger partial charge in [0.2, 0.25) is 5.91 Å². The molecule has 2 nitrogen and oxygen atoms in total. The Morgan fingerprint density at radius 1 is 1.39 bits per heavy atom. The fourth-order valence-corrected chi connectivity index (χ4v) is 3.62. The summed E-state index contributed by atoms with van der Waals surface area (Å²) in [4.78, 5) is 14.6. The molecule has 0 saturated carbocycles. The topological polar surface area (TPSA) is 20.3 Å². The van der Waals surface area contributed by atoms with Crippen LogP contribution in [0.5, 0.6) is 0 Å². The van der Waals surface area contributed by atoms with Gasteiger partial charge in [-0.05, 0) is 36.3 Å². The van der Waals surface area contributed by atoms with Crippen LogP contribution in [0.3, 0.4) is 0 Å². The molecular formula is C15H18BrNO. The third kappa shape index (κ3) is 2.09. The molecule has 2 atom stereocenters. The number of benzene rings is 1. The van der Waals surface area contributed by atoms with Gasteiger partial charge in [-0.3, -0.25) is 4.79 Å². The van der Waals surface area contributed by atoms with Gasteiger partial charge in [-0.1, -0.05) is 40.2 Å². The maximum Gasteiger partial charge on any atom is 0.230 e. The Morgan fingerprint density at radius 2 is 2.22 bits per heavy atom. The van der Waals surface area contributed by atoms with E-state index >= 15 is 0 Å². The Bertz CT molecular complexity index is 460. The van der Waals surface area contributed by atoms with E-state index in [-0.39, 0.29) is 5.92 Å². The number of halogens is 1. The zero-order chi connectivity index (χ0) is 12.5. The predicted octanol–water partition coefficient (Wildman–Crippen LogP) is 2.96. The van der Waals surface area contributed by atoms with Crippen molar-refractivity contribution in [2.45, 2.75) is 25.2 Å². The summed E-state index contributed by atoms with van der Waals surface area (Å²) < 4.78 is 0. The second-order valence-electron chi connectivity index (χ2n) is 5.40. The highest BCUT2D eigenvalue weighted by molar-refractivity contribution is 9.09. The van der Waals surface area contributed by atoms with Gasteiger partial charge >= 0.3 is 0 Å². The van der Waals surface area contributed by atoms with Crippen LogP contribution in [0.2, 0.25) is 0 Å². The molecule has 96 valence electrons. The maximum atomic E-state index is 12.5. The van der Waals surface area contributed by atoms with E-state index in [2.05, 4.69) is 39.0 Å². The van der Waals surface area contributed by atoms with Crippen molar-refractivity contribution >= 4 is 21.8 Å². The van der Waals surface area contributed by atoms with Crippen LogP contribution < -0.4 is 0 Å². The minimum absolute atomic E-state index is 0.135. The third-order valence-electron chi connectivity index (χ3n) is 4.20. The lowest BCUT2D eigenvalue weighted by Gasteiger charge is -2.38. The number of likely N-dealkylation sites (tertiary alicyclic amines) is 1. The Labute approximate surface area is 116 Å². The van der Waals surface area contributed by atoms with Gasteiger partial charge in [-0.25, -0.2) is 0 Å². The van der Waals surface area contributed by atoms with E-state index < -0.39 is 0 Å². The number of rotatable bonds is 2. The molecule has 3 rings (SSSR count). The fourth-order valence-electron chi connectivity index (χ4n) is 3.09. The number of carbonyl (C=O) groups excluding carboxylic acids is 1. The molecule has 3 heteroatoms. The number of hydrogen-bond acceptors (Lipinski definition) is 1. The summed E-state index contributed by atoms with van der Waals surface area (Å²) in [6.45, 7) is 1.88. The average Bonchev–Trinajstić information content (AvgIpc) is 2.40. The van der Waals surface area contributed by atoms with Gasteiger partial charge in [0.1, 0.15) is 0 Å². The lowest BCUT2D eigenvalue weighted by molar-refractivity contribution is -0.135. The zero-order valence-electron chi connectivity index (χ0n) is 10.4. The van der Waals surface area contributed by atoms with Crippen molar-refractivity contribution in [2.75, 3.05) is 18.4 Å². The van der Waals surface area contributed by atoms with Crippen LogP contribution in [0, 0.1) is 5.92 Å². The van der Waals surface area contributed by atoms with E-state index in [4.69, 9.17) is 0 Å². The first kappa shape index (κ1) is 12.2. The minimum Gasteiger partial charge on any atom is -0.342 e. The standard InChI is InChI=1S/C15H18BrNO/c16-9-11-4-3-7-17(10-11)15(18)14-8-12-5-1-2-6-13(12)14/h1-2,5-6,11,14H,3-4,7-10H2. The Kier molecular flexibility index (Phi) is 3.42. The van der Waals surface area contributed by atoms with Crippen molar-refractivity contribution in [2.24, 2.45) is 5.92 Å². The van der Waals surface area contributed by atoms with Crippen LogP contribution in [-0.2, 0) is 11.2 Å². The van der Waals surface area contributed by atoms with Crippen molar-refractivity contribution in [1.82, 2.24) is 4.90 Å². The maximum absolute atomic E-state index is 12.5. The molecule has 0 radical (unpaired) electrons. The lowest BCUT2D eigenvalue weighted by atomic mass is 9.76. The molecule has 0 spiro atoms. The predicted molar refractivity (Wildman–Crippen MR) is 76.0 cm³/mol. The first-order chi connectivity index (χ1) is 8.79. The lowest BCUT2D eigenvalue weighted by Crippen LogP contribution is -2.45. The second-order valence-corrected chi connectivity index (χ2v) is 6.05. The van der Waals surface area contributed by atoms with Crippen LogP contribution in [0.15, 0.2) is 24.3 Å². The van der Waals surface area contributed by atoms with Gasteiger partial charge in [-0.2, -0.15) is 0 Å². The van der Waals surface area contributed by atoms with Gasteiger partial charge in [-0.15, -0.1) is 0 Å². The quantitative estimate of drug-likeness (QED) is 0.769. The van der Waals surface area contributed by atoms with E-state index in [1.165, 1.54) is 17.5 Å². The van der Waals surface area contributed by atoms with Gasteiger partial charge < -0.3 is 4.90 Å². The number of amides is 1. The highest BCUT2D eigenvalue weighted by Crippen LogP contribution is 2.37. The minimum atomic E-state index is 0.135. The molecule has 1 aromatic carbocycles. The highest BCUT2D eigenvalue weighted by atomic mass is 79.9. The number of carbonyl (C=O) groups is 1. The largest absolute Gasteiger partial charge is 0.342 e. The van der Waals surface area contributed by atoms with E-state index in [9.17, 15) is 4.79 Å². The molecule has 18 heavy (non-hydrogen) atoms. The van der Waals surface area contributed by atoms with Crippen LogP contribution in [0.25, 0.3) is 0 Å². The van der Waals surface area contributed by atoms with Gasteiger partial charge in [0.15, 0.2) is 0 Å². The molecule has 1 aromatic rings. The summed E-state index contributed by atoms with van der Waals surface area (Å²) >= 11 is 3.54. The molecule has 1 saturated heterocycles. The van der Waals surface area contributed by atoms with Crippen molar-refractivity contribution < 1.29 is 4.79 Å². The SMILES string of the molecule is O=C(C1Cc2ccccc21)N1CCCC(CBr)C1. The van der Waals surface area contributed by atoms with Crippen LogP contribution in [-0.4, -0.2) is 29.2 Å². The van der Waals surface area contributed by atoms with Gasteiger partial charge in [0.05, 0.1) is 5.92 Å². The third-order valence-corrected chi connectivity index (χ3v) is 5.12. The first-order valence-corrected chi connectivity index (χ1v) is 7.84. The number of fused-ring (bicyclic) bond motifs is 1. The Morgan fingerprint density at radius 3 is 3.00 bits per heavy atom. The Balaban J connectivity index is 1.69. The summed E-state index contributed by atoms with van der Waals surface area (Å²) in [5.41, 5.74) is 2.60. The molecule has 0 N–H and O–H groups in total. The van der Waals surface area contributed by atoms with Gasteiger partial charge in [0.25, 0.3) is 0 Å². The number of nitrogens with zero attached hydrogens (tertiary/aromatic N) is 1. The molecule has 0 bridgehead atoms. The molecule has 1 aliphatic heterocycles. The highest BCUT2D eigenvalue weighted by Gasteiger charge is 2.35. The van der Waals surface area contributed by atoms with Crippen molar-refractivity contribution in [1.29, 1.82) is 0 Å². The van der Waals surface area contributed by atoms with Crippen molar-refractivity contribution in [3.05, 3.63) is 35.4 Å². The molecule has 1 heterocycles. The Hall–Kier alpha value is -0.830. The summed E-state index contributed by atoms with van der Waals surface area (Å²) in [6.07, 6.45) is 3.33. The number of piperidine rings is 1. The number of hydrogen-bond donors (Lipinski definition) is 0. The van der Waals surface area contributed by atoms with Crippen LogP contribution in [0.4, 0.5) is 0 Å². The molecule has 2 aliphatic rings. The molecular weight excluding hydrogens is 290 g/mol. The molecule has 1 fully saturated rings. The summed E-state index contributed by atoms with van der Waals surface area (Å²) in [6, 6.07) is 8.33. The summed E-state index contributed by atoms with van der Waals surface area (Å²) in [5.74, 6) is 1.12. The summed E-state index contributed by atoms with van der Waals surface area (Å²) in [5, 5.41) is 1.01. The van der Waals surface area contributed by atoms with Gasteiger partial charge in [0, 0.05) is 18.4 Å². The number of alkyl halides is 1. The summed E-state index contributed by atoms with van der Waals surface area (Å²) in [7, 11) is 0. The first-order valence-electron chi connectivity index (χ1n) is 6.72. The van der Waals surface area contributed by atoms with Crippen LogP contribution in [0.1, 0.15) is 29.9 Å². The fraction of sp³-hybridized carbons (Fsp3) is 0.533. The smallest absolute Gasteiger partial charge is 0.230 e. The molecule has 1 amide bonds. The molecule has 2 unspecified atom stereocenters. The van der Waals surface area contributed by atoms with E-state index in [1.807, 2.05) is 6.07 Å². The molecule has 0 aromatic heterocycles. The second kappa shape index (κ2) is 5.04. The van der Waals surface area contributed by atoms with E-state index in [1.54, 1.807) is 0 Å². The monoisotopic (exact) mass is 307 g/mol. The molecule has 1 aliphatic carbocycles. The normalized spacial score (nSPS) is 26.4. The zero-order valence-corrected chi connectivity index (χ0v) is 12.0. The average molecular weight is 308 g/mol. The van der Waals surface area contributed by atoms with E-state index in [0.717, 1.165) is 31.3 Å². The van der Waals surface area contributed by atoms with Crippen LogP contribution >= 0.6 is 15.9 Å².